The van der Waals surface area contributed by atoms with Crippen molar-refractivity contribution < 1.29 is 28.6 Å². The van der Waals surface area contributed by atoms with Gasteiger partial charge >= 0.3 is 17.9 Å². The zero-order valence-electron chi connectivity index (χ0n) is 15.5. The molecule has 0 amide bonds. The first-order chi connectivity index (χ1) is 11.6. The highest BCUT2D eigenvalue weighted by molar-refractivity contribution is 5.94. The van der Waals surface area contributed by atoms with Gasteiger partial charge in [0.25, 0.3) is 6.29 Å². The molecule has 6 nitrogen and oxygen atoms in total. The SMILES string of the molecule is CC(=O)O[C@@H]1OC(=O)C2=C1[C@@]1(C)CCCC(C)(C)[C@@H]1C[C@H]2OC(C)=O. The Morgan fingerprint density at radius 3 is 2.32 bits per heavy atom. The number of esters is 3. The quantitative estimate of drug-likeness (QED) is 0.713. The lowest BCUT2D eigenvalue weighted by molar-refractivity contribution is -0.174. The van der Waals surface area contributed by atoms with E-state index >= 15 is 0 Å². The van der Waals surface area contributed by atoms with Crippen molar-refractivity contribution in [1.82, 2.24) is 0 Å². The minimum Gasteiger partial charge on any atom is -0.457 e. The molecule has 138 valence electrons. The highest BCUT2D eigenvalue weighted by atomic mass is 16.7. The monoisotopic (exact) mass is 350 g/mol. The maximum Gasteiger partial charge on any atom is 0.341 e. The van der Waals surface area contributed by atoms with Crippen molar-refractivity contribution in [2.24, 2.45) is 16.7 Å². The van der Waals surface area contributed by atoms with Crippen LogP contribution in [0.3, 0.4) is 0 Å². The minimum absolute atomic E-state index is 0.0241. The summed E-state index contributed by atoms with van der Waals surface area (Å²) in [6.45, 7) is 9.18. The van der Waals surface area contributed by atoms with Crippen LogP contribution in [0.15, 0.2) is 11.1 Å². The number of hydrogen-bond donors (Lipinski definition) is 0. The first-order valence-corrected chi connectivity index (χ1v) is 8.86. The van der Waals surface area contributed by atoms with Crippen LogP contribution >= 0.6 is 0 Å². The molecule has 0 radical (unpaired) electrons. The molecular weight excluding hydrogens is 324 g/mol. The van der Waals surface area contributed by atoms with Gasteiger partial charge in [-0.2, -0.15) is 0 Å². The molecule has 2 aliphatic carbocycles. The summed E-state index contributed by atoms with van der Waals surface area (Å²) in [7, 11) is 0. The van der Waals surface area contributed by atoms with E-state index in [2.05, 4.69) is 20.8 Å². The van der Waals surface area contributed by atoms with Crippen LogP contribution in [0.2, 0.25) is 0 Å². The van der Waals surface area contributed by atoms with Gasteiger partial charge in [0.1, 0.15) is 6.10 Å². The van der Waals surface area contributed by atoms with Crippen LogP contribution in [-0.4, -0.2) is 30.3 Å². The van der Waals surface area contributed by atoms with Crippen molar-refractivity contribution in [2.75, 3.05) is 0 Å². The number of ether oxygens (including phenoxy) is 3. The van der Waals surface area contributed by atoms with Crippen molar-refractivity contribution >= 4 is 17.9 Å². The third-order valence-corrected chi connectivity index (χ3v) is 6.16. The molecule has 4 atom stereocenters. The average Bonchev–Trinajstić information content (AvgIpc) is 2.77. The fourth-order valence-corrected chi connectivity index (χ4v) is 5.23. The smallest absolute Gasteiger partial charge is 0.341 e. The molecule has 1 aliphatic heterocycles. The molecule has 25 heavy (non-hydrogen) atoms. The third kappa shape index (κ3) is 2.85. The van der Waals surface area contributed by atoms with Crippen LogP contribution in [-0.2, 0) is 28.6 Å². The van der Waals surface area contributed by atoms with Crippen LogP contribution in [0.5, 0.6) is 0 Å². The van der Waals surface area contributed by atoms with Gasteiger partial charge in [0.15, 0.2) is 0 Å². The van der Waals surface area contributed by atoms with Gasteiger partial charge in [-0.25, -0.2) is 4.79 Å². The zero-order valence-corrected chi connectivity index (χ0v) is 15.5. The predicted octanol–water partition coefficient (Wildman–Crippen LogP) is 2.90. The highest BCUT2D eigenvalue weighted by Crippen LogP contribution is 2.62. The fraction of sp³-hybridized carbons (Fsp3) is 0.737. The van der Waals surface area contributed by atoms with Crippen molar-refractivity contribution in [2.45, 2.75) is 72.7 Å². The number of cyclic esters (lactones) is 1. The molecule has 1 fully saturated rings. The second-order valence-corrected chi connectivity index (χ2v) is 8.32. The Hall–Kier alpha value is -1.85. The Morgan fingerprint density at radius 1 is 1.08 bits per heavy atom. The van der Waals surface area contributed by atoms with Gasteiger partial charge in [0.05, 0.1) is 5.57 Å². The molecule has 0 aromatic carbocycles. The molecule has 6 heteroatoms. The Labute approximate surface area is 147 Å². The fourth-order valence-electron chi connectivity index (χ4n) is 5.23. The molecule has 0 unspecified atom stereocenters. The molecule has 0 aromatic rings. The van der Waals surface area contributed by atoms with Crippen LogP contribution in [0.1, 0.15) is 60.3 Å². The number of carbonyl (C=O) groups is 3. The maximum atomic E-state index is 12.5. The van der Waals surface area contributed by atoms with Gasteiger partial charge in [0, 0.05) is 24.8 Å². The Morgan fingerprint density at radius 2 is 1.72 bits per heavy atom. The van der Waals surface area contributed by atoms with Gasteiger partial charge in [-0.05, 0) is 30.6 Å². The summed E-state index contributed by atoms with van der Waals surface area (Å²) < 4.78 is 16.2. The molecule has 0 saturated heterocycles. The number of hydrogen-bond acceptors (Lipinski definition) is 6. The molecule has 1 saturated carbocycles. The second-order valence-electron chi connectivity index (χ2n) is 8.32. The van der Waals surface area contributed by atoms with Gasteiger partial charge < -0.3 is 14.2 Å². The number of rotatable bonds is 2. The van der Waals surface area contributed by atoms with E-state index in [0.29, 0.717) is 17.6 Å². The van der Waals surface area contributed by atoms with E-state index in [1.165, 1.54) is 13.8 Å². The normalized spacial score (nSPS) is 36.2. The average molecular weight is 350 g/mol. The largest absolute Gasteiger partial charge is 0.457 e. The van der Waals surface area contributed by atoms with Crippen LogP contribution in [0.4, 0.5) is 0 Å². The molecule has 3 rings (SSSR count). The van der Waals surface area contributed by atoms with Crippen molar-refractivity contribution in [3.63, 3.8) is 0 Å². The van der Waals surface area contributed by atoms with E-state index in [-0.39, 0.29) is 16.7 Å². The third-order valence-electron chi connectivity index (χ3n) is 6.16. The second kappa shape index (κ2) is 5.85. The van der Waals surface area contributed by atoms with E-state index in [1.807, 2.05) is 0 Å². The first kappa shape index (κ1) is 18.0. The van der Waals surface area contributed by atoms with E-state index in [1.54, 1.807) is 0 Å². The summed E-state index contributed by atoms with van der Waals surface area (Å²) in [5.41, 5.74) is 0.775. The van der Waals surface area contributed by atoms with Crippen LogP contribution in [0, 0.1) is 16.7 Å². The lowest BCUT2D eigenvalue weighted by Gasteiger charge is -2.55. The molecular formula is C19H26O6. The van der Waals surface area contributed by atoms with Crippen molar-refractivity contribution in [3.05, 3.63) is 11.1 Å². The molecule has 0 aromatic heterocycles. The van der Waals surface area contributed by atoms with E-state index in [4.69, 9.17) is 14.2 Å². The zero-order chi connectivity index (χ0) is 18.6. The van der Waals surface area contributed by atoms with E-state index < -0.39 is 30.3 Å². The summed E-state index contributed by atoms with van der Waals surface area (Å²) in [4.78, 5) is 35.6. The summed E-state index contributed by atoms with van der Waals surface area (Å²) in [6, 6.07) is 0. The molecule has 0 spiro atoms. The van der Waals surface area contributed by atoms with Gasteiger partial charge in [-0.1, -0.05) is 27.2 Å². The van der Waals surface area contributed by atoms with Crippen LogP contribution < -0.4 is 0 Å². The van der Waals surface area contributed by atoms with Crippen LogP contribution in [0.25, 0.3) is 0 Å². The number of carbonyl (C=O) groups excluding carboxylic acids is 3. The predicted molar refractivity (Wildman–Crippen MR) is 88.1 cm³/mol. The molecule has 0 bridgehead atoms. The Kier molecular flexibility index (Phi) is 4.20. The van der Waals surface area contributed by atoms with E-state index in [9.17, 15) is 14.4 Å². The van der Waals surface area contributed by atoms with Gasteiger partial charge in [-0.3, -0.25) is 9.59 Å². The van der Waals surface area contributed by atoms with Gasteiger partial charge in [-0.15, -0.1) is 0 Å². The maximum absolute atomic E-state index is 12.5. The topological polar surface area (TPSA) is 78.9 Å². The summed E-state index contributed by atoms with van der Waals surface area (Å²) in [6.07, 6.45) is 1.91. The standard InChI is InChI=1S/C19H26O6/c1-10(20)23-12-9-13-18(3,4)7-6-8-19(13,5)15-14(12)16(22)25-17(15)24-11(2)21/h12-13,17H,6-9H2,1-5H3/t12-,13+,17-,19+/m1/s1. The highest BCUT2D eigenvalue weighted by Gasteiger charge is 2.60. The Balaban J connectivity index is 2.13. The molecule has 0 N–H and O–H groups in total. The minimum atomic E-state index is -1.01. The summed E-state index contributed by atoms with van der Waals surface area (Å²) in [5.74, 6) is -1.28. The Bertz CT molecular complexity index is 661. The first-order valence-electron chi connectivity index (χ1n) is 8.86. The van der Waals surface area contributed by atoms with Crippen molar-refractivity contribution in [1.29, 1.82) is 0 Å². The molecule has 3 aliphatic rings. The van der Waals surface area contributed by atoms with E-state index in [0.717, 1.165) is 19.3 Å². The summed E-state index contributed by atoms with van der Waals surface area (Å²) in [5, 5.41) is 0. The lowest BCUT2D eigenvalue weighted by Crippen LogP contribution is -2.50. The molecule has 1 heterocycles. The summed E-state index contributed by atoms with van der Waals surface area (Å²) >= 11 is 0. The lowest BCUT2D eigenvalue weighted by atomic mass is 9.50. The number of fused-ring (bicyclic) bond motifs is 2. The van der Waals surface area contributed by atoms with Crippen molar-refractivity contribution in [3.8, 4) is 0 Å². The van der Waals surface area contributed by atoms with Gasteiger partial charge in [0.2, 0.25) is 0 Å².